The normalized spacial score (nSPS) is 22.8. The molecule has 1 aromatic heterocycles. The fourth-order valence-electron chi connectivity index (χ4n) is 2.29. The Bertz CT molecular complexity index is 498. The molecule has 0 amide bonds. The van der Waals surface area contributed by atoms with Crippen LogP contribution in [0.1, 0.15) is 19.8 Å². The Morgan fingerprint density at radius 2 is 2.47 bits per heavy atom. The molecule has 1 saturated heterocycles. The van der Waals surface area contributed by atoms with Crippen molar-refractivity contribution in [2.45, 2.75) is 37.6 Å². The summed E-state index contributed by atoms with van der Waals surface area (Å²) in [6.07, 6.45) is 1.99. The fourth-order valence-corrected chi connectivity index (χ4v) is 2.96. The molecule has 0 aromatic carbocycles. The monoisotopic (exact) mass is 287 g/mol. The molecule has 1 aliphatic rings. The van der Waals surface area contributed by atoms with Crippen molar-refractivity contribution in [1.29, 1.82) is 0 Å². The highest BCUT2D eigenvalue weighted by Gasteiger charge is 2.28. The summed E-state index contributed by atoms with van der Waals surface area (Å²) in [5.41, 5.74) is -0.297. The van der Waals surface area contributed by atoms with E-state index in [2.05, 4.69) is 17.1 Å². The summed E-state index contributed by atoms with van der Waals surface area (Å²) in [5, 5.41) is 15.3. The number of hydrogen-bond donors (Lipinski definition) is 2. The molecular formula is C11H17N3O4S. The number of aromatic nitrogens is 3. The van der Waals surface area contributed by atoms with Crippen molar-refractivity contribution in [2.24, 2.45) is 5.92 Å². The predicted molar refractivity (Wildman–Crippen MR) is 69.3 cm³/mol. The van der Waals surface area contributed by atoms with Crippen molar-refractivity contribution in [3.05, 3.63) is 10.5 Å². The SMILES string of the molecule is CCC1OCCC1Cn1c(SCC(=O)O)n[nH]c1=O. The first-order chi connectivity index (χ1) is 9.11. The molecule has 0 radical (unpaired) electrons. The van der Waals surface area contributed by atoms with Gasteiger partial charge >= 0.3 is 11.7 Å². The van der Waals surface area contributed by atoms with Crippen molar-refractivity contribution < 1.29 is 14.6 Å². The topological polar surface area (TPSA) is 97.2 Å². The van der Waals surface area contributed by atoms with Crippen molar-refractivity contribution >= 4 is 17.7 Å². The zero-order valence-electron chi connectivity index (χ0n) is 10.7. The number of carboxylic acid groups (broad SMARTS) is 1. The maximum absolute atomic E-state index is 11.7. The quantitative estimate of drug-likeness (QED) is 0.742. The third kappa shape index (κ3) is 3.38. The summed E-state index contributed by atoms with van der Waals surface area (Å²) in [4.78, 5) is 22.3. The van der Waals surface area contributed by atoms with E-state index in [-0.39, 0.29) is 23.5 Å². The largest absolute Gasteiger partial charge is 0.481 e. The third-order valence-corrected chi connectivity index (χ3v) is 4.17. The van der Waals surface area contributed by atoms with Crippen LogP contribution in [0.2, 0.25) is 0 Å². The van der Waals surface area contributed by atoms with E-state index in [1.54, 1.807) is 0 Å². The number of aliphatic carboxylic acids is 1. The minimum atomic E-state index is -0.928. The zero-order chi connectivity index (χ0) is 13.8. The van der Waals surface area contributed by atoms with E-state index in [9.17, 15) is 9.59 Å². The van der Waals surface area contributed by atoms with Gasteiger partial charge in [0, 0.05) is 19.1 Å². The summed E-state index contributed by atoms with van der Waals surface area (Å²) in [7, 11) is 0. The molecule has 2 atom stereocenters. The number of carboxylic acids is 1. The van der Waals surface area contributed by atoms with Crippen LogP contribution in [0.25, 0.3) is 0 Å². The summed E-state index contributed by atoms with van der Waals surface area (Å²) in [6, 6.07) is 0. The summed E-state index contributed by atoms with van der Waals surface area (Å²) in [6.45, 7) is 3.30. The number of nitrogens with zero attached hydrogens (tertiary/aromatic N) is 2. The maximum atomic E-state index is 11.7. The summed E-state index contributed by atoms with van der Waals surface area (Å²) < 4.78 is 7.10. The molecule has 1 fully saturated rings. The van der Waals surface area contributed by atoms with Gasteiger partial charge in [0.25, 0.3) is 0 Å². The van der Waals surface area contributed by atoms with Crippen molar-refractivity contribution in [3.63, 3.8) is 0 Å². The van der Waals surface area contributed by atoms with Gasteiger partial charge < -0.3 is 9.84 Å². The number of hydrogen-bond acceptors (Lipinski definition) is 5. The molecule has 0 bridgehead atoms. The molecule has 19 heavy (non-hydrogen) atoms. The second-order valence-corrected chi connectivity index (χ2v) is 5.41. The van der Waals surface area contributed by atoms with E-state index in [0.717, 1.165) is 24.6 Å². The number of ether oxygens (including phenoxy) is 1. The molecule has 2 unspecified atom stereocenters. The van der Waals surface area contributed by atoms with Gasteiger partial charge in [0.15, 0.2) is 5.16 Å². The van der Waals surface area contributed by atoms with Gasteiger partial charge in [0.1, 0.15) is 0 Å². The maximum Gasteiger partial charge on any atom is 0.343 e. The Morgan fingerprint density at radius 3 is 3.16 bits per heavy atom. The van der Waals surface area contributed by atoms with Crippen LogP contribution < -0.4 is 5.69 Å². The van der Waals surface area contributed by atoms with Gasteiger partial charge in [-0.25, -0.2) is 9.89 Å². The highest BCUT2D eigenvalue weighted by molar-refractivity contribution is 7.99. The van der Waals surface area contributed by atoms with Gasteiger partial charge in [-0.3, -0.25) is 9.36 Å². The zero-order valence-corrected chi connectivity index (χ0v) is 11.5. The van der Waals surface area contributed by atoms with Crippen LogP contribution in [0, 0.1) is 5.92 Å². The third-order valence-electron chi connectivity index (χ3n) is 3.21. The molecule has 0 saturated carbocycles. The van der Waals surface area contributed by atoms with Gasteiger partial charge in [-0.2, -0.15) is 0 Å². The number of carbonyl (C=O) groups is 1. The van der Waals surface area contributed by atoms with Gasteiger partial charge in [0.05, 0.1) is 11.9 Å². The fraction of sp³-hybridized carbons (Fsp3) is 0.727. The standard InChI is InChI=1S/C11H17N3O4S/c1-2-8-7(3-4-18-8)5-14-10(17)12-13-11(14)19-6-9(15)16/h7-8H,2-6H2,1H3,(H,12,17)(H,15,16). The van der Waals surface area contributed by atoms with E-state index in [1.807, 2.05) is 0 Å². The van der Waals surface area contributed by atoms with Crippen LogP contribution in [0.4, 0.5) is 0 Å². The Labute approximate surface area is 114 Å². The van der Waals surface area contributed by atoms with E-state index in [4.69, 9.17) is 9.84 Å². The first kappa shape index (κ1) is 14.1. The Hall–Kier alpha value is -1.28. The predicted octanol–water partition coefficient (Wildman–Crippen LogP) is 0.563. The number of nitrogens with one attached hydrogen (secondary N) is 1. The second-order valence-electron chi connectivity index (χ2n) is 4.47. The first-order valence-corrected chi connectivity index (χ1v) is 7.21. The van der Waals surface area contributed by atoms with Gasteiger partial charge in [-0.15, -0.1) is 5.10 Å². The highest BCUT2D eigenvalue weighted by atomic mass is 32.2. The molecule has 7 nitrogen and oxygen atoms in total. The second kappa shape index (κ2) is 6.25. The minimum Gasteiger partial charge on any atom is -0.481 e. The Kier molecular flexibility index (Phi) is 4.65. The van der Waals surface area contributed by atoms with Crippen LogP contribution in [0.3, 0.4) is 0 Å². The molecule has 1 aromatic rings. The Morgan fingerprint density at radius 1 is 1.68 bits per heavy atom. The lowest BCUT2D eigenvalue weighted by Gasteiger charge is -2.17. The molecular weight excluding hydrogens is 270 g/mol. The molecule has 0 spiro atoms. The average Bonchev–Trinajstić information content (AvgIpc) is 2.96. The highest BCUT2D eigenvalue weighted by Crippen LogP contribution is 2.25. The average molecular weight is 287 g/mol. The lowest BCUT2D eigenvalue weighted by molar-refractivity contribution is -0.133. The number of aromatic amines is 1. The van der Waals surface area contributed by atoms with Crippen molar-refractivity contribution in [3.8, 4) is 0 Å². The van der Waals surface area contributed by atoms with E-state index >= 15 is 0 Å². The number of rotatable bonds is 6. The molecule has 1 aliphatic heterocycles. The molecule has 106 valence electrons. The van der Waals surface area contributed by atoms with E-state index in [1.165, 1.54) is 4.57 Å². The number of thioether (sulfide) groups is 1. The van der Waals surface area contributed by atoms with Crippen molar-refractivity contribution in [2.75, 3.05) is 12.4 Å². The van der Waals surface area contributed by atoms with Crippen molar-refractivity contribution in [1.82, 2.24) is 14.8 Å². The molecule has 2 N–H and O–H groups in total. The van der Waals surface area contributed by atoms with Crippen LogP contribution in [-0.4, -0.2) is 44.3 Å². The molecule has 0 aliphatic carbocycles. The lowest BCUT2D eigenvalue weighted by Crippen LogP contribution is -2.26. The van der Waals surface area contributed by atoms with Gasteiger partial charge in [-0.05, 0) is 12.8 Å². The minimum absolute atomic E-state index is 0.108. The van der Waals surface area contributed by atoms with Crippen LogP contribution in [0.5, 0.6) is 0 Å². The van der Waals surface area contributed by atoms with E-state index in [0.29, 0.717) is 18.3 Å². The molecule has 8 heteroatoms. The first-order valence-electron chi connectivity index (χ1n) is 6.23. The smallest absolute Gasteiger partial charge is 0.343 e. The Balaban J connectivity index is 2.08. The van der Waals surface area contributed by atoms with Crippen LogP contribution >= 0.6 is 11.8 Å². The molecule has 2 heterocycles. The molecule has 2 rings (SSSR count). The van der Waals surface area contributed by atoms with Crippen LogP contribution in [-0.2, 0) is 16.1 Å². The number of H-pyrrole nitrogens is 1. The summed E-state index contributed by atoms with van der Waals surface area (Å²) in [5.74, 6) is -0.755. The lowest BCUT2D eigenvalue weighted by atomic mass is 10.00. The van der Waals surface area contributed by atoms with Gasteiger partial charge in [-0.1, -0.05) is 18.7 Å². The summed E-state index contributed by atoms with van der Waals surface area (Å²) >= 11 is 1.05. The van der Waals surface area contributed by atoms with E-state index < -0.39 is 5.97 Å². The van der Waals surface area contributed by atoms with Gasteiger partial charge in [0.2, 0.25) is 0 Å². The van der Waals surface area contributed by atoms with Crippen LogP contribution in [0.15, 0.2) is 9.95 Å².